The molecule has 1 aliphatic heterocycles. The van der Waals surface area contributed by atoms with E-state index in [4.69, 9.17) is 11.6 Å². The molecular weight excluding hydrogens is 366 g/mol. The van der Waals surface area contributed by atoms with Gasteiger partial charge in [-0.1, -0.05) is 11.6 Å². The summed E-state index contributed by atoms with van der Waals surface area (Å²) < 4.78 is 1.78. The summed E-state index contributed by atoms with van der Waals surface area (Å²) >= 11 is 6.21. The predicted molar refractivity (Wildman–Crippen MR) is 104 cm³/mol. The van der Waals surface area contributed by atoms with Gasteiger partial charge < -0.3 is 10.2 Å². The maximum atomic E-state index is 12.7. The van der Waals surface area contributed by atoms with Crippen LogP contribution in [0.15, 0.2) is 24.3 Å². The van der Waals surface area contributed by atoms with E-state index < -0.39 is 0 Å². The quantitative estimate of drug-likeness (QED) is 0.863. The summed E-state index contributed by atoms with van der Waals surface area (Å²) in [5.74, 6) is 0.00200. The van der Waals surface area contributed by atoms with Gasteiger partial charge in [-0.2, -0.15) is 5.10 Å². The second kappa shape index (κ2) is 8.10. The fourth-order valence-electron chi connectivity index (χ4n) is 3.19. The van der Waals surface area contributed by atoms with Gasteiger partial charge in [0, 0.05) is 38.8 Å². The molecule has 0 atom stereocenters. The van der Waals surface area contributed by atoms with Crippen molar-refractivity contribution in [3.8, 4) is 5.69 Å². The average Bonchev–Trinajstić information content (AvgIpc) is 2.95. The van der Waals surface area contributed by atoms with E-state index in [2.05, 4.69) is 15.3 Å². The molecule has 7 nitrogen and oxygen atoms in total. The van der Waals surface area contributed by atoms with Gasteiger partial charge in [0.25, 0.3) is 5.91 Å². The van der Waals surface area contributed by atoms with Crippen molar-refractivity contribution in [1.82, 2.24) is 24.9 Å². The summed E-state index contributed by atoms with van der Waals surface area (Å²) in [7, 11) is 1.63. The van der Waals surface area contributed by atoms with Gasteiger partial charge in [-0.3, -0.25) is 14.5 Å². The van der Waals surface area contributed by atoms with E-state index in [1.165, 1.54) is 0 Å². The van der Waals surface area contributed by atoms with Crippen LogP contribution in [0.4, 0.5) is 0 Å². The Morgan fingerprint density at radius 1 is 1.11 bits per heavy atom. The largest absolute Gasteiger partial charge is 0.358 e. The van der Waals surface area contributed by atoms with Gasteiger partial charge in [0.1, 0.15) is 0 Å². The van der Waals surface area contributed by atoms with Crippen LogP contribution in [0.25, 0.3) is 5.69 Å². The normalized spacial score (nSPS) is 15.0. The van der Waals surface area contributed by atoms with Crippen molar-refractivity contribution in [3.05, 3.63) is 46.2 Å². The number of rotatable bonds is 4. The fourth-order valence-corrected chi connectivity index (χ4v) is 3.31. The summed E-state index contributed by atoms with van der Waals surface area (Å²) in [4.78, 5) is 28.1. The zero-order valence-corrected chi connectivity index (χ0v) is 16.6. The first-order valence-electron chi connectivity index (χ1n) is 8.95. The van der Waals surface area contributed by atoms with Crippen molar-refractivity contribution < 1.29 is 9.59 Å². The number of amides is 2. The summed E-state index contributed by atoms with van der Waals surface area (Å²) in [5.41, 5.74) is 3.17. The molecule has 1 saturated heterocycles. The van der Waals surface area contributed by atoms with E-state index in [0.717, 1.165) is 17.1 Å². The second-order valence-corrected chi connectivity index (χ2v) is 7.06. The molecule has 1 aromatic heterocycles. The number of nitrogens with one attached hydrogen (secondary N) is 1. The molecule has 0 unspecified atom stereocenters. The third-order valence-corrected chi connectivity index (χ3v) is 5.41. The van der Waals surface area contributed by atoms with Gasteiger partial charge in [0.15, 0.2) is 0 Å². The molecule has 0 spiro atoms. The Bertz CT molecular complexity index is 839. The van der Waals surface area contributed by atoms with Crippen LogP contribution in [0.5, 0.6) is 0 Å². The third-order valence-electron chi connectivity index (χ3n) is 4.87. The zero-order valence-electron chi connectivity index (χ0n) is 15.8. The lowest BCUT2D eigenvalue weighted by Gasteiger charge is -2.34. The Morgan fingerprint density at radius 2 is 1.74 bits per heavy atom. The predicted octanol–water partition coefficient (Wildman–Crippen LogP) is 1.65. The molecule has 0 radical (unpaired) electrons. The molecule has 2 aromatic rings. The van der Waals surface area contributed by atoms with E-state index >= 15 is 0 Å². The number of halogens is 1. The van der Waals surface area contributed by atoms with Crippen molar-refractivity contribution >= 4 is 23.4 Å². The van der Waals surface area contributed by atoms with E-state index in [-0.39, 0.29) is 11.8 Å². The number of benzene rings is 1. The topological polar surface area (TPSA) is 70.5 Å². The Morgan fingerprint density at radius 3 is 2.26 bits per heavy atom. The summed E-state index contributed by atoms with van der Waals surface area (Å²) in [6, 6.07) is 7.40. The van der Waals surface area contributed by atoms with Gasteiger partial charge in [-0.15, -0.1) is 0 Å². The molecule has 8 heteroatoms. The zero-order chi connectivity index (χ0) is 19.6. The molecule has 0 saturated carbocycles. The molecule has 144 valence electrons. The highest BCUT2D eigenvalue weighted by Gasteiger charge is 2.23. The van der Waals surface area contributed by atoms with Crippen molar-refractivity contribution in [2.45, 2.75) is 13.8 Å². The number of aryl methyl sites for hydroxylation is 1. The Hall–Kier alpha value is -2.38. The minimum absolute atomic E-state index is 0.00498. The molecule has 1 N–H and O–H groups in total. The molecule has 27 heavy (non-hydrogen) atoms. The number of aromatic nitrogens is 2. The highest BCUT2D eigenvalue weighted by atomic mass is 35.5. The highest BCUT2D eigenvalue weighted by molar-refractivity contribution is 6.31. The minimum Gasteiger partial charge on any atom is -0.358 e. The standard InChI is InChI=1S/C19H24ClN5O2/c1-13-18(20)14(2)25(22-13)16-6-4-15(5-7-16)19(27)24-10-8-23(9-11-24)12-17(26)21-3/h4-7H,8-12H2,1-3H3,(H,21,26). The smallest absolute Gasteiger partial charge is 0.253 e. The first-order valence-corrected chi connectivity index (χ1v) is 9.33. The van der Waals surface area contributed by atoms with Crippen molar-refractivity contribution in [1.29, 1.82) is 0 Å². The lowest BCUT2D eigenvalue weighted by atomic mass is 10.1. The van der Waals surface area contributed by atoms with E-state index in [1.54, 1.807) is 11.7 Å². The first-order chi connectivity index (χ1) is 12.9. The van der Waals surface area contributed by atoms with Gasteiger partial charge in [-0.05, 0) is 38.1 Å². The number of carbonyl (C=O) groups excluding carboxylic acids is 2. The summed E-state index contributed by atoms with van der Waals surface area (Å²) in [5, 5.41) is 7.71. The van der Waals surface area contributed by atoms with Crippen LogP contribution in [-0.2, 0) is 4.79 Å². The number of nitrogens with zero attached hydrogens (tertiary/aromatic N) is 4. The molecule has 2 heterocycles. The highest BCUT2D eigenvalue weighted by Crippen LogP contribution is 2.22. The van der Waals surface area contributed by atoms with Crippen LogP contribution in [0.3, 0.4) is 0 Å². The molecule has 0 bridgehead atoms. The second-order valence-electron chi connectivity index (χ2n) is 6.69. The number of likely N-dealkylation sites (N-methyl/N-ethyl adjacent to an activating group) is 1. The first kappa shape index (κ1) is 19.4. The molecule has 1 aliphatic rings. The van der Waals surface area contributed by atoms with Gasteiger partial charge in [0.2, 0.25) is 5.91 Å². The lowest BCUT2D eigenvalue weighted by molar-refractivity contribution is -0.122. The third kappa shape index (κ3) is 4.14. The van der Waals surface area contributed by atoms with Crippen LogP contribution in [-0.4, -0.2) is 71.2 Å². The van der Waals surface area contributed by atoms with Gasteiger partial charge >= 0.3 is 0 Å². The van der Waals surface area contributed by atoms with Crippen LogP contribution in [0, 0.1) is 13.8 Å². The van der Waals surface area contributed by atoms with Crippen LogP contribution in [0.2, 0.25) is 5.02 Å². The SMILES string of the molecule is CNC(=O)CN1CCN(C(=O)c2ccc(-n3nc(C)c(Cl)c3C)cc2)CC1. The molecule has 0 aliphatic carbocycles. The van der Waals surface area contributed by atoms with E-state index in [1.807, 2.05) is 43.0 Å². The number of hydrogen-bond acceptors (Lipinski definition) is 4. The maximum absolute atomic E-state index is 12.7. The van der Waals surface area contributed by atoms with Crippen molar-refractivity contribution in [3.63, 3.8) is 0 Å². The van der Waals surface area contributed by atoms with Crippen LogP contribution in [0.1, 0.15) is 21.7 Å². The molecule has 1 aromatic carbocycles. The average molecular weight is 390 g/mol. The van der Waals surface area contributed by atoms with Gasteiger partial charge in [-0.25, -0.2) is 4.68 Å². The minimum atomic E-state index is -0.00498. The molecule has 2 amide bonds. The molecule has 1 fully saturated rings. The summed E-state index contributed by atoms with van der Waals surface area (Å²) in [6.45, 7) is 6.78. The Balaban J connectivity index is 1.65. The van der Waals surface area contributed by atoms with Crippen LogP contribution < -0.4 is 5.32 Å². The lowest BCUT2D eigenvalue weighted by Crippen LogP contribution is -2.50. The Labute approximate surface area is 163 Å². The van der Waals surface area contributed by atoms with E-state index in [9.17, 15) is 9.59 Å². The van der Waals surface area contributed by atoms with Crippen molar-refractivity contribution in [2.24, 2.45) is 0 Å². The number of hydrogen-bond donors (Lipinski definition) is 1. The fraction of sp³-hybridized carbons (Fsp3) is 0.421. The monoisotopic (exact) mass is 389 g/mol. The molecule has 3 rings (SSSR count). The van der Waals surface area contributed by atoms with Crippen molar-refractivity contribution in [2.75, 3.05) is 39.8 Å². The Kier molecular flexibility index (Phi) is 5.82. The van der Waals surface area contributed by atoms with E-state index in [0.29, 0.717) is 43.3 Å². The summed E-state index contributed by atoms with van der Waals surface area (Å²) in [6.07, 6.45) is 0. The van der Waals surface area contributed by atoms with Gasteiger partial charge in [0.05, 0.1) is 28.6 Å². The molecular formula is C19H24ClN5O2. The number of piperazine rings is 1. The number of carbonyl (C=O) groups is 2. The maximum Gasteiger partial charge on any atom is 0.253 e. The van der Waals surface area contributed by atoms with Crippen LogP contribution >= 0.6 is 11.6 Å².